The zero-order valence-electron chi connectivity index (χ0n) is 18.0. The predicted molar refractivity (Wildman–Crippen MR) is 117 cm³/mol. The highest BCUT2D eigenvalue weighted by Crippen LogP contribution is 2.32. The normalized spacial score (nSPS) is 15.9. The number of amides is 2. The largest absolute Gasteiger partial charge is 0.495 e. The van der Waals surface area contributed by atoms with Crippen LogP contribution in [0.4, 0.5) is 5.69 Å². The Morgan fingerprint density at radius 1 is 1.09 bits per heavy atom. The van der Waals surface area contributed by atoms with E-state index in [0.29, 0.717) is 37.7 Å². The quantitative estimate of drug-likeness (QED) is 0.655. The van der Waals surface area contributed by atoms with Crippen molar-refractivity contribution < 1.29 is 28.9 Å². The Morgan fingerprint density at radius 2 is 1.84 bits per heavy atom. The van der Waals surface area contributed by atoms with Crippen LogP contribution in [0.2, 0.25) is 0 Å². The number of aliphatic hydroxyl groups excluding tert-OH is 1. The van der Waals surface area contributed by atoms with Gasteiger partial charge in [-0.25, -0.2) is 0 Å². The molecule has 2 N–H and O–H groups in total. The Kier molecular flexibility index (Phi) is 6.65. The van der Waals surface area contributed by atoms with E-state index in [4.69, 9.17) is 14.2 Å². The standard InChI is InChI=1S/C23H27N3O6/c1-30-19-5-3-2-4-18(19)25-8-10-26(11-9-25)23(29)17(14-27)24-22(28)13-16-6-7-20-21(12-16)32-15-31-20/h2-7,12,17,27H,8-11,13-15H2,1H3,(H,24,28)/t17-/m0/s1. The molecule has 0 unspecified atom stereocenters. The number of ether oxygens (including phenoxy) is 3. The van der Waals surface area contributed by atoms with Crippen LogP contribution in [0.25, 0.3) is 0 Å². The molecule has 9 nitrogen and oxygen atoms in total. The second-order valence-corrected chi connectivity index (χ2v) is 7.65. The van der Waals surface area contributed by atoms with E-state index in [1.807, 2.05) is 24.3 Å². The maximum Gasteiger partial charge on any atom is 0.247 e. The third kappa shape index (κ3) is 4.72. The summed E-state index contributed by atoms with van der Waals surface area (Å²) in [6, 6.07) is 12.1. The van der Waals surface area contributed by atoms with Crippen LogP contribution in [0.3, 0.4) is 0 Å². The molecule has 2 heterocycles. The number of fused-ring (bicyclic) bond motifs is 1. The molecule has 2 aromatic rings. The highest BCUT2D eigenvalue weighted by molar-refractivity contribution is 5.88. The highest BCUT2D eigenvalue weighted by atomic mass is 16.7. The van der Waals surface area contributed by atoms with Gasteiger partial charge in [0.25, 0.3) is 0 Å². The van der Waals surface area contributed by atoms with Gasteiger partial charge < -0.3 is 34.4 Å². The van der Waals surface area contributed by atoms with Crippen LogP contribution in [-0.2, 0) is 16.0 Å². The fourth-order valence-electron chi connectivity index (χ4n) is 3.95. The molecule has 2 aliphatic rings. The van der Waals surface area contributed by atoms with E-state index in [9.17, 15) is 14.7 Å². The minimum absolute atomic E-state index is 0.0714. The molecule has 2 aromatic carbocycles. The number of anilines is 1. The first-order valence-corrected chi connectivity index (χ1v) is 10.5. The number of nitrogens with one attached hydrogen (secondary N) is 1. The van der Waals surface area contributed by atoms with Gasteiger partial charge >= 0.3 is 0 Å². The number of nitrogens with zero attached hydrogens (tertiary/aromatic N) is 2. The number of methoxy groups -OCH3 is 1. The topological polar surface area (TPSA) is 101 Å². The van der Waals surface area contributed by atoms with Gasteiger partial charge in [-0.15, -0.1) is 0 Å². The van der Waals surface area contributed by atoms with Crippen molar-refractivity contribution >= 4 is 17.5 Å². The number of benzene rings is 2. The number of carbonyl (C=O) groups is 2. The molecule has 32 heavy (non-hydrogen) atoms. The smallest absolute Gasteiger partial charge is 0.247 e. The van der Waals surface area contributed by atoms with Gasteiger partial charge in [0.1, 0.15) is 11.8 Å². The lowest BCUT2D eigenvalue weighted by Crippen LogP contribution is -2.56. The van der Waals surface area contributed by atoms with Crippen LogP contribution in [-0.4, -0.2) is 74.6 Å². The fourth-order valence-corrected chi connectivity index (χ4v) is 3.95. The van der Waals surface area contributed by atoms with Gasteiger partial charge in [0.15, 0.2) is 11.5 Å². The summed E-state index contributed by atoms with van der Waals surface area (Å²) in [6.45, 7) is 1.95. The molecule has 4 rings (SSSR count). The summed E-state index contributed by atoms with van der Waals surface area (Å²) < 4.78 is 16.0. The summed E-state index contributed by atoms with van der Waals surface area (Å²) in [5.41, 5.74) is 1.72. The van der Waals surface area contributed by atoms with E-state index in [2.05, 4.69) is 10.2 Å². The fraction of sp³-hybridized carbons (Fsp3) is 0.391. The van der Waals surface area contributed by atoms with Gasteiger partial charge in [-0.05, 0) is 29.8 Å². The van der Waals surface area contributed by atoms with Crippen molar-refractivity contribution in [3.8, 4) is 17.2 Å². The number of para-hydroxylation sites is 2. The third-order valence-corrected chi connectivity index (χ3v) is 5.63. The molecule has 0 spiro atoms. The molecule has 170 valence electrons. The summed E-state index contributed by atoms with van der Waals surface area (Å²) in [5.74, 6) is 1.40. The SMILES string of the molecule is COc1ccccc1N1CCN(C(=O)[C@H](CO)NC(=O)Cc2ccc3c(c2)OCO3)CC1. The summed E-state index contributed by atoms with van der Waals surface area (Å²) in [6.07, 6.45) is 0.0714. The summed E-state index contributed by atoms with van der Waals surface area (Å²) >= 11 is 0. The number of aliphatic hydroxyl groups is 1. The predicted octanol–water partition coefficient (Wildman–Crippen LogP) is 0.792. The molecule has 1 fully saturated rings. The van der Waals surface area contributed by atoms with Crippen LogP contribution in [0.1, 0.15) is 5.56 Å². The lowest BCUT2D eigenvalue weighted by molar-refractivity contribution is -0.137. The lowest BCUT2D eigenvalue weighted by Gasteiger charge is -2.37. The minimum Gasteiger partial charge on any atom is -0.495 e. The van der Waals surface area contributed by atoms with Crippen molar-refractivity contribution in [1.82, 2.24) is 10.2 Å². The highest BCUT2D eigenvalue weighted by Gasteiger charge is 2.29. The lowest BCUT2D eigenvalue weighted by atomic mass is 10.1. The van der Waals surface area contributed by atoms with Gasteiger partial charge in [0.05, 0.1) is 25.8 Å². The number of hydrogen-bond donors (Lipinski definition) is 2. The second kappa shape index (κ2) is 9.78. The number of piperazine rings is 1. The van der Waals surface area contributed by atoms with Crippen LogP contribution >= 0.6 is 0 Å². The second-order valence-electron chi connectivity index (χ2n) is 7.65. The van der Waals surface area contributed by atoms with Crippen molar-refractivity contribution in [1.29, 1.82) is 0 Å². The first-order valence-electron chi connectivity index (χ1n) is 10.5. The molecular formula is C23H27N3O6. The van der Waals surface area contributed by atoms with Crippen LogP contribution < -0.4 is 24.4 Å². The van der Waals surface area contributed by atoms with Crippen molar-refractivity contribution in [2.75, 3.05) is 51.6 Å². The summed E-state index contributed by atoms with van der Waals surface area (Å²) in [5, 5.41) is 12.4. The Hall–Kier alpha value is -3.46. The Labute approximate surface area is 186 Å². The maximum atomic E-state index is 12.9. The van der Waals surface area contributed by atoms with Crippen molar-refractivity contribution in [2.45, 2.75) is 12.5 Å². The Morgan fingerprint density at radius 3 is 2.59 bits per heavy atom. The molecule has 2 aliphatic heterocycles. The zero-order chi connectivity index (χ0) is 22.5. The average Bonchev–Trinajstić information content (AvgIpc) is 3.30. The van der Waals surface area contributed by atoms with Crippen molar-refractivity contribution in [3.05, 3.63) is 48.0 Å². The Balaban J connectivity index is 1.31. The molecular weight excluding hydrogens is 414 g/mol. The summed E-state index contributed by atoms with van der Waals surface area (Å²) in [4.78, 5) is 29.2. The molecule has 2 amide bonds. The van der Waals surface area contributed by atoms with Gasteiger partial charge in [0, 0.05) is 26.2 Å². The van der Waals surface area contributed by atoms with E-state index in [1.54, 1.807) is 30.2 Å². The van der Waals surface area contributed by atoms with Crippen LogP contribution in [0.5, 0.6) is 17.2 Å². The molecule has 0 saturated carbocycles. The van der Waals surface area contributed by atoms with Gasteiger partial charge in [-0.2, -0.15) is 0 Å². The van der Waals surface area contributed by atoms with Gasteiger partial charge in [-0.1, -0.05) is 18.2 Å². The minimum atomic E-state index is -0.977. The van der Waals surface area contributed by atoms with Crippen LogP contribution in [0.15, 0.2) is 42.5 Å². The number of carbonyl (C=O) groups excluding carboxylic acids is 2. The van der Waals surface area contributed by atoms with Crippen molar-refractivity contribution in [2.24, 2.45) is 0 Å². The monoisotopic (exact) mass is 441 g/mol. The van der Waals surface area contributed by atoms with E-state index >= 15 is 0 Å². The number of hydrogen-bond acceptors (Lipinski definition) is 7. The van der Waals surface area contributed by atoms with E-state index in [1.165, 1.54) is 0 Å². The van der Waals surface area contributed by atoms with Gasteiger partial charge in [-0.3, -0.25) is 9.59 Å². The maximum absolute atomic E-state index is 12.9. The molecule has 0 bridgehead atoms. The van der Waals surface area contributed by atoms with E-state index < -0.39 is 12.6 Å². The van der Waals surface area contributed by atoms with Crippen molar-refractivity contribution in [3.63, 3.8) is 0 Å². The molecule has 9 heteroatoms. The molecule has 1 saturated heterocycles. The molecule has 0 aromatic heterocycles. The van der Waals surface area contributed by atoms with Crippen LogP contribution in [0, 0.1) is 0 Å². The summed E-state index contributed by atoms with van der Waals surface area (Å²) in [7, 11) is 1.64. The van der Waals surface area contributed by atoms with E-state index in [-0.39, 0.29) is 25.0 Å². The Bertz CT molecular complexity index is 974. The molecule has 0 aliphatic carbocycles. The number of rotatable bonds is 7. The first kappa shape index (κ1) is 21.8. The molecule has 1 atom stereocenters. The van der Waals surface area contributed by atoms with E-state index in [0.717, 1.165) is 17.0 Å². The average molecular weight is 441 g/mol. The zero-order valence-corrected chi connectivity index (χ0v) is 18.0. The third-order valence-electron chi connectivity index (χ3n) is 5.63. The van der Waals surface area contributed by atoms with Gasteiger partial charge in [0.2, 0.25) is 18.6 Å². The first-order chi connectivity index (χ1) is 15.6. The molecule has 0 radical (unpaired) electrons.